The van der Waals surface area contributed by atoms with Gasteiger partial charge in [-0.15, -0.1) is 0 Å². The fourth-order valence-electron chi connectivity index (χ4n) is 9.51. The van der Waals surface area contributed by atoms with Gasteiger partial charge in [0.15, 0.2) is 0 Å². The Bertz CT molecular complexity index is 2900. The molecular weight excluding hydrogens is 739 g/mol. The van der Waals surface area contributed by atoms with E-state index in [1.54, 1.807) is 0 Å². The number of para-hydroxylation sites is 4. The van der Waals surface area contributed by atoms with E-state index in [1.807, 2.05) is 0 Å². The van der Waals surface area contributed by atoms with Crippen LogP contribution in [0, 0.1) is 0 Å². The largest absolute Gasteiger partial charge is 0.314 e. The molecule has 0 amide bonds. The predicted molar refractivity (Wildman–Crippen MR) is 257 cm³/mol. The summed E-state index contributed by atoms with van der Waals surface area (Å²) in [5.74, 6) is 0.240. The average Bonchev–Trinajstić information content (AvgIpc) is 3.66. The molecule has 292 valence electrons. The number of hydrogen-bond acceptors (Lipinski definition) is 3. The molecule has 61 heavy (non-hydrogen) atoms. The SMILES string of the molecule is C1=C(C2=CC=C3C(C2)c2cc(-c4ccc(N(c5ccccc5)c5ccccc5)cc4)ccc2N3c2ccc3ccccc3c2)CCC(N(c2ccccc2)c2ccccc2)=C1. The van der Waals surface area contributed by atoms with Gasteiger partial charge in [-0.3, -0.25) is 0 Å². The Balaban J connectivity index is 0.950. The third-order valence-electron chi connectivity index (χ3n) is 12.5. The van der Waals surface area contributed by atoms with E-state index in [4.69, 9.17) is 0 Å². The van der Waals surface area contributed by atoms with Gasteiger partial charge in [0.05, 0.1) is 0 Å². The minimum Gasteiger partial charge on any atom is -0.314 e. The molecule has 0 saturated carbocycles. The van der Waals surface area contributed by atoms with E-state index in [0.29, 0.717) is 0 Å². The second kappa shape index (κ2) is 15.9. The second-order valence-corrected chi connectivity index (χ2v) is 16.1. The van der Waals surface area contributed by atoms with Crippen LogP contribution in [0.15, 0.2) is 253 Å². The normalized spacial score (nSPS) is 15.5. The molecule has 0 saturated heterocycles. The van der Waals surface area contributed by atoms with Gasteiger partial charge in [-0.2, -0.15) is 0 Å². The first-order valence-electron chi connectivity index (χ1n) is 21.4. The van der Waals surface area contributed by atoms with Gasteiger partial charge < -0.3 is 14.7 Å². The smallest absolute Gasteiger partial charge is 0.0498 e. The van der Waals surface area contributed by atoms with Gasteiger partial charge in [0, 0.05) is 57.1 Å². The zero-order valence-electron chi connectivity index (χ0n) is 34.0. The first kappa shape index (κ1) is 36.5. The van der Waals surface area contributed by atoms with Crippen molar-refractivity contribution in [3.63, 3.8) is 0 Å². The van der Waals surface area contributed by atoms with Crippen LogP contribution in [0.25, 0.3) is 21.9 Å². The Morgan fingerprint density at radius 2 is 0.934 bits per heavy atom. The predicted octanol–water partition coefficient (Wildman–Crippen LogP) is 15.9. The highest BCUT2D eigenvalue weighted by Gasteiger charge is 2.37. The number of nitrogens with zero attached hydrogens (tertiary/aromatic N) is 3. The third-order valence-corrected chi connectivity index (χ3v) is 12.5. The monoisotopic (exact) mass is 783 g/mol. The van der Waals surface area contributed by atoms with Gasteiger partial charge in [0.25, 0.3) is 0 Å². The highest BCUT2D eigenvalue weighted by molar-refractivity contribution is 5.90. The highest BCUT2D eigenvalue weighted by atomic mass is 15.2. The molecule has 0 bridgehead atoms. The molecule has 0 N–H and O–H groups in total. The van der Waals surface area contributed by atoms with Crippen molar-refractivity contribution in [2.24, 2.45) is 0 Å². The molecule has 8 aromatic carbocycles. The van der Waals surface area contributed by atoms with Gasteiger partial charge >= 0.3 is 0 Å². The minimum atomic E-state index is 0.240. The van der Waals surface area contributed by atoms with Crippen molar-refractivity contribution in [2.45, 2.75) is 25.2 Å². The Kier molecular flexibility index (Phi) is 9.48. The summed E-state index contributed by atoms with van der Waals surface area (Å²) in [5, 5.41) is 2.51. The summed E-state index contributed by atoms with van der Waals surface area (Å²) < 4.78 is 0. The van der Waals surface area contributed by atoms with Crippen molar-refractivity contribution < 1.29 is 0 Å². The van der Waals surface area contributed by atoms with E-state index in [2.05, 4.69) is 245 Å². The van der Waals surface area contributed by atoms with Crippen LogP contribution < -0.4 is 14.7 Å². The summed E-state index contributed by atoms with van der Waals surface area (Å²) in [6, 6.07) is 74.5. The van der Waals surface area contributed by atoms with Crippen molar-refractivity contribution >= 4 is 50.6 Å². The van der Waals surface area contributed by atoms with Crippen molar-refractivity contribution in [1.29, 1.82) is 0 Å². The fraction of sp³-hybridized carbons (Fsp3) is 0.0690. The van der Waals surface area contributed by atoms with Gasteiger partial charge in [-0.05, 0) is 155 Å². The molecule has 1 aliphatic heterocycles. The van der Waals surface area contributed by atoms with E-state index in [-0.39, 0.29) is 5.92 Å². The molecule has 1 unspecified atom stereocenters. The summed E-state index contributed by atoms with van der Waals surface area (Å²) in [7, 11) is 0. The van der Waals surface area contributed by atoms with Gasteiger partial charge in [0.2, 0.25) is 0 Å². The Morgan fingerprint density at radius 1 is 0.393 bits per heavy atom. The molecule has 11 rings (SSSR count). The first-order chi connectivity index (χ1) is 30.2. The van der Waals surface area contributed by atoms with E-state index in [0.717, 1.165) is 36.3 Å². The van der Waals surface area contributed by atoms with E-state index < -0.39 is 0 Å². The van der Waals surface area contributed by atoms with Crippen LogP contribution in [0.1, 0.15) is 30.7 Å². The van der Waals surface area contributed by atoms with Crippen LogP contribution in [0.5, 0.6) is 0 Å². The molecule has 3 heteroatoms. The van der Waals surface area contributed by atoms with Crippen LogP contribution in [-0.2, 0) is 0 Å². The Morgan fingerprint density at radius 3 is 1.54 bits per heavy atom. The Hall–Kier alpha value is -7.62. The van der Waals surface area contributed by atoms with E-state index >= 15 is 0 Å². The maximum absolute atomic E-state index is 2.51. The van der Waals surface area contributed by atoms with Crippen molar-refractivity contribution in [1.82, 2.24) is 0 Å². The second-order valence-electron chi connectivity index (χ2n) is 16.1. The molecule has 3 nitrogen and oxygen atoms in total. The first-order valence-corrected chi connectivity index (χ1v) is 21.4. The maximum atomic E-state index is 2.51. The number of hydrogen-bond donors (Lipinski definition) is 0. The topological polar surface area (TPSA) is 9.72 Å². The van der Waals surface area contributed by atoms with Crippen LogP contribution in [0.4, 0.5) is 39.8 Å². The summed E-state index contributed by atoms with van der Waals surface area (Å²) in [6.07, 6.45) is 12.5. The van der Waals surface area contributed by atoms with Gasteiger partial charge in [0.1, 0.15) is 0 Å². The molecule has 1 heterocycles. The van der Waals surface area contributed by atoms with Gasteiger partial charge in [-0.1, -0.05) is 133 Å². The van der Waals surface area contributed by atoms with Crippen molar-refractivity contribution in [3.05, 3.63) is 259 Å². The molecule has 0 spiro atoms. The van der Waals surface area contributed by atoms with Crippen molar-refractivity contribution in [3.8, 4) is 11.1 Å². The fourth-order valence-corrected chi connectivity index (χ4v) is 9.51. The molecular formula is C58H45N3. The lowest BCUT2D eigenvalue weighted by molar-refractivity contribution is 0.768. The number of benzene rings is 8. The van der Waals surface area contributed by atoms with Crippen LogP contribution in [0.2, 0.25) is 0 Å². The molecule has 0 radical (unpaired) electrons. The third kappa shape index (κ3) is 6.94. The lowest BCUT2D eigenvalue weighted by atomic mass is 9.82. The Labute approximate surface area is 358 Å². The molecule has 3 aliphatic rings. The number of anilines is 7. The quantitative estimate of drug-likeness (QED) is 0.144. The lowest BCUT2D eigenvalue weighted by Crippen LogP contribution is -2.19. The van der Waals surface area contributed by atoms with Crippen LogP contribution in [-0.4, -0.2) is 0 Å². The zero-order valence-corrected chi connectivity index (χ0v) is 34.0. The standard InChI is InChI=1S/C58H45N3/c1-5-17-48(18-6-1)59(49-19-7-2-8-20-49)52-32-25-43(26-33-52)46-30-37-57-55(40-46)56-41-47(31-38-58(56)61(57)54-36-29-42-15-13-14-16-45(42)39-54)44-27-34-53(35-28-44)60(50-21-9-3-10-22-50)51-23-11-4-12-24-51/h1-27,29-34,36-40,56H,28,35,41H2. The van der Waals surface area contributed by atoms with E-state index in [9.17, 15) is 0 Å². The number of rotatable bonds is 9. The number of fused-ring (bicyclic) bond motifs is 4. The zero-order chi connectivity index (χ0) is 40.5. The van der Waals surface area contributed by atoms with Crippen LogP contribution in [0.3, 0.4) is 0 Å². The minimum absolute atomic E-state index is 0.240. The summed E-state index contributed by atoms with van der Waals surface area (Å²) in [5.41, 5.74) is 17.6. The summed E-state index contributed by atoms with van der Waals surface area (Å²) >= 11 is 0. The van der Waals surface area contributed by atoms with Crippen LogP contribution >= 0.6 is 0 Å². The summed E-state index contributed by atoms with van der Waals surface area (Å²) in [6.45, 7) is 0. The average molecular weight is 784 g/mol. The maximum Gasteiger partial charge on any atom is 0.0498 e. The molecule has 0 fully saturated rings. The molecule has 1 atom stereocenters. The molecule has 0 aromatic heterocycles. The highest BCUT2D eigenvalue weighted by Crippen LogP contribution is 2.54. The molecule has 8 aromatic rings. The number of allylic oxidation sites excluding steroid dienone is 8. The summed E-state index contributed by atoms with van der Waals surface area (Å²) in [4.78, 5) is 7.24. The van der Waals surface area contributed by atoms with E-state index in [1.165, 1.54) is 72.8 Å². The van der Waals surface area contributed by atoms with Gasteiger partial charge in [-0.25, -0.2) is 0 Å². The lowest BCUT2D eigenvalue weighted by Gasteiger charge is -2.31. The molecule has 2 aliphatic carbocycles. The van der Waals surface area contributed by atoms with Crippen molar-refractivity contribution in [2.75, 3.05) is 14.7 Å².